The summed E-state index contributed by atoms with van der Waals surface area (Å²) in [5.74, 6) is -1.58. The van der Waals surface area contributed by atoms with Crippen LogP contribution in [-0.2, 0) is 17.8 Å². The molecule has 45 heavy (non-hydrogen) atoms. The number of aromatic nitrogens is 2. The zero-order valence-electron chi connectivity index (χ0n) is 25.5. The number of piperazine rings is 1. The van der Waals surface area contributed by atoms with Crippen molar-refractivity contribution in [3.8, 4) is 6.01 Å². The van der Waals surface area contributed by atoms with Crippen LogP contribution in [0, 0.1) is 12.4 Å². The van der Waals surface area contributed by atoms with Crippen LogP contribution in [0.5, 0.6) is 6.01 Å². The molecule has 2 aromatic carbocycles. The molecule has 1 aromatic heterocycles. The number of halogens is 3. The largest absolute Gasteiger partial charge is 0.458 e. The Kier molecular flexibility index (Phi) is 8.80. The van der Waals surface area contributed by atoms with Crippen LogP contribution in [0.2, 0.25) is 5.02 Å². The summed E-state index contributed by atoms with van der Waals surface area (Å²) in [4.78, 5) is 33.8. The molecule has 3 atom stereocenters. The summed E-state index contributed by atoms with van der Waals surface area (Å²) in [6.07, 6.45) is 3.50. The number of rotatable bonds is 7. The molecule has 0 radical (unpaired) electrons. The number of amides is 1. The number of fused-ring (bicyclic) bond motifs is 2. The molecule has 9 nitrogen and oxygen atoms in total. The van der Waals surface area contributed by atoms with Crippen LogP contribution in [0.4, 0.5) is 20.3 Å². The van der Waals surface area contributed by atoms with Crippen LogP contribution >= 0.6 is 11.6 Å². The fraction of sp³-hybridized carbons (Fsp3) is 0.455. The smallest absolute Gasteiger partial charge is 0.319 e. The molecule has 236 valence electrons. The van der Waals surface area contributed by atoms with Crippen molar-refractivity contribution in [1.29, 1.82) is 0 Å². The van der Waals surface area contributed by atoms with Crippen molar-refractivity contribution in [1.82, 2.24) is 19.8 Å². The Labute approximate surface area is 266 Å². The molecule has 0 unspecified atom stereocenters. The average molecular weight is 636 g/mol. The van der Waals surface area contributed by atoms with Crippen molar-refractivity contribution < 1.29 is 18.3 Å². The molecule has 1 amide bonds. The van der Waals surface area contributed by atoms with Crippen molar-refractivity contribution in [2.75, 3.05) is 56.6 Å². The van der Waals surface area contributed by atoms with E-state index in [-0.39, 0.29) is 36.3 Å². The fourth-order valence-corrected chi connectivity index (χ4v) is 7.23. The van der Waals surface area contributed by atoms with Crippen LogP contribution in [-0.4, -0.2) is 90.7 Å². The van der Waals surface area contributed by atoms with Crippen LogP contribution in [0.15, 0.2) is 42.7 Å². The van der Waals surface area contributed by atoms with Crippen molar-refractivity contribution >= 4 is 39.8 Å². The molecule has 2 aliphatic heterocycles. The Morgan fingerprint density at radius 3 is 2.76 bits per heavy atom. The lowest BCUT2D eigenvalue weighted by Crippen LogP contribution is -2.57. The molecule has 1 saturated heterocycles. The van der Waals surface area contributed by atoms with E-state index in [9.17, 15) is 13.6 Å². The molecule has 0 spiro atoms. The van der Waals surface area contributed by atoms with Gasteiger partial charge in [-0.2, -0.15) is 9.97 Å². The first-order valence-corrected chi connectivity index (χ1v) is 15.6. The molecule has 3 heterocycles. The van der Waals surface area contributed by atoms with Crippen molar-refractivity contribution in [3.05, 3.63) is 76.3 Å². The van der Waals surface area contributed by atoms with E-state index in [1.54, 1.807) is 6.07 Å². The molecular weight excluding hydrogens is 600 g/mol. The molecule has 0 bridgehead atoms. The van der Waals surface area contributed by atoms with Gasteiger partial charge in [-0.15, -0.1) is 0 Å². The number of carbonyl (C=O) groups excluding carboxylic acids is 1. The lowest BCUT2D eigenvalue weighted by molar-refractivity contribution is -0.131. The first kappa shape index (κ1) is 31.0. The standard InChI is InChI=1S/C33H36ClF2N7O2/c1-20(35)32(44)43-16-15-42(18-22(43)17-37-2)31-23-13-14-41(27-9-5-7-21-11-12-24(36)30(34)29(21)27)19-25(23)38-33(39-31)45-28-10-6-8-26(28)40(3)4/h5,7,9,11-12,22,26,28H,1,6,8,10,13-19H2,3-4H3/t22-,26+,28+/m0/s1. The van der Waals surface area contributed by atoms with Gasteiger partial charge in [0.2, 0.25) is 6.54 Å². The van der Waals surface area contributed by atoms with Crippen LogP contribution in [0.3, 0.4) is 0 Å². The van der Waals surface area contributed by atoms with Gasteiger partial charge in [0.25, 0.3) is 5.91 Å². The first-order valence-electron chi connectivity index (χ1n) is 15.2. The van der Waals surface area contributed by atoms with Crippen LogP contribution < -0.4 is 14.5 Å². The van der Waals surface area contributed by atoms with E-state index >= 15 is 0 Å². The first-order chi connectivity index (χ1) is 21.7. The van der Waals surface area contributed by atoms with Gasteiger partial charge >= 0.3 is 6.01 Å². The van der Waals surface area contributed by atoms with Crippen molar-refractivity contribution in [2.24, 2.45) is 0 Å². The molecule has 12 heteroatoms. The lowest BCUT2D eigenvalue weighted by atomic mass is 10.0. The van der Waals surface area contributed by atoms with E-state index in [1.807, 2.05) is 32.3 Å². The molecule has 3 aliphatic rings. The highest BCUT2D eigenvalue weighted by atomic mass is 35.5. The van der Waals surface area contributed by atoms with Gasteiger partial charge in [-0.3, -0.25) is 4.79 Å². The van der Waals surface area contributed by atoms with E-state index in [0.29, 0.717) is 43.8 Å². The van der Waals surface area contributed by atoms with E-state index in [1.165, 1.54) is 11.0 Å². The number of carbonyl (C=O) groups is 1. The number of hydrogen-bond acceptors (Lipinski definition) is 7. The van der Waals surface area contributed by atoms with Crippen molar-refractivity contribution in [3.63, 3.8) is 0 Å². The highest BCUT2D eigenvalue weighted by molar-refractivity contribution is 6.36. The molecule has 1 aliphatic carbocycles. The highest BCUT2D eigenvalue weighted by Gasteiger charge is 2.37. The minimum absolute atomic E-state index is 0.0327. The third-order valence-electron chi connectivity index (χ3n) is 9.19. The van der Waals surface area contributed by atoms with Gasteiger partial charge in [0, 0.05) is 48.9 Å². The summed E-state index contributed by atoms with van der Waals surface area (Å²) in [6.45, 7) is 12.7. The normalized spacial score (nSPS) is 21.6. The number of ether oxygens (including phenoxy) is 1. The zero-order chi connectivity index (χ0) is 31.8. The topological polar surface area (TPSA) is 69.4 Å². The molecule has 6 rings (SSSR count). The number of anilines is 2. The van der Waals surface area contributed by atoms with Gasteiger partial charge in [-0.25, -0.2) is 15.4 Å². The third kappa shape index (κ3) is 6.01. The van der Waals surface area contributed by atoms with Gasteiger partial charge in [-0.05, 0) is 57.3 Å². The zero-order valence-corrected chi connectivity index (χ0v) is 26.2. The van der Waals surface area contributed by atoms with Gasteiger partial charge in [0.1, 0.15) is 23.8 Å². The monoisotopic (exact) mass is 635 g/mol. The predicted molar refractivity (Wildman–Crippen MR) is 171 cm³/mol. The maximum Gasteiger partial charge on any atom is 0.319 e. The van der Waals surface area contributed by atoms with Crippen molar-refractivity contribution in [2.45, 2.75) is 50.4 Å². The molecular formula is C33H36ClF2N7O2. The average Bonchev–Trinajstić information content (AvgIpc) is 3.50. The summed E-state index contributed by atoms with van der Waals surface area (Å²) >= 11 is 6.49. The van der Waals surface area contributed by atoms with Crippen LogP contribution in [0.25, 0.3) is 15.6 Å². The summed E-state index contributed by atoms with van der Waals surface area (Å²) in [6, 6.07) is 8.91. The second-order valence-electron chi connectivity index (χ2n) is 12.1. The minimum Gasteiger partial charge on any atom is -0.458 e. The summed E-state index contributed by atoms with van der Waals surface area (Å²) in [5, 5.41) is 1.60. The summed E-state index contributed by atoms with van der Waals surface area (Å²) < 4.78 is 34.9. The quantitative estimate of drug-likeness (QED) is 0.259. The van der Waals surface area contributed by atoms with E-state index in [0.717, 1.165) is 41.6 Å². The summed E-state index contributed by atoms with van der Waals surface area (Å²) in [7, 11) is 4.09. The Balaban J connectivity index is 1.38. The third-order valence-corrected chi connectivity index (χ3v) is 9.56. The Morgan fingerprint density at radius 1 is 1.18 bits per heavy atom. The van der Waals surface area contributed by atoms with Gasteiger partial charge < -0.3 is 29.2 Å². The van der Waals surface area contributed by atoms with E-state index in [2.05, 4.69) is 26.1 Å². The van der Waals surface area contributed by atoms with E-state index in [4.69, 9.17) is 32.9 Å². The van der Waals surface area contributed by atoms with Gasteiger partial charge in [0.05, 0.1) is 17.3 Å². The van der Waals surface area contributed by atoms with Crippen LogP contribution in [0.1, 0.15) is 30.5 Å². The second-order valence-corrected chi connectivity index (χ2v) is 12.5. The highest BCUT2D eigenvalue weighted by Crippen LogP contribution is 2.38. The maximum atomic E-state index is 14.6. The van der Waals surface area contributed by atoms with Gasteiger partial charge in [-0.1, -0.05) is 36.4 Å². The molecule has 0 N–H and O–H groups in total. The fourth-order valence-electron chi connectivity index (χ4n) is 6.97. The predicted octanol–water partition coefficient (Wildman–Crippen LogP) is 5.27. The second kappa shape index (κ2) is 12.8. The molecule has 1 saturated carbocycles. The minimum atomic E-state index is -1.03. The summed E-state index contributed by atoms with van der Waals surface area (Å²) in [5.41, 5.74) is 2.58. The number of benzene rings is 2. The Bertz CT molecular complexity index is 1680. The van der Waals surface area contributed by atoms with E-state index < -0.39 is 23.6 Å². The number of nitrogens with zero attached hydrogens (tertiary/aromatic N) is 7. The Hall–Kier alpha value is -4.01. The SMILES string of the molecule is [C-]#[N+]C[C@H]1CN(c2nc(O[C@@H]3CCC[C@H]3N(C)C)nc3c2CCN(c2cccc4ccc(F)c(Cl)c24)C3)CCN1C(=O)C(=C)F. The maximum absolute atomic E-state index is 14.6. The number of hydrogen-bond donors (Lipinski definition) is 0. The number of likely N-dealkylation sites (N-methyl/N-ethyl adjacent to an activating group) is 1. The lowest BCUT2D eigenvalue weighted by Gasteiger charge is -2.41. The molecule has 2 fully saturated rings. The molecule has 3 aromatic rings. The Morgan fingerprint density at radius 2 is 2.00 bits per heavy atom. The van der Waals surface area contributed by atoms with Gasteiger partial charge in [0.15, 0.2) is 5.83 Å².